The molecule has 102 valence electrons. The molecule has 1 amide bonds. The van der Waals surface area contributed by atoms with Gasteiger partial charge in [-0.05, 0) is 56.3 Å². The highest BCUT2D eigenvalue weighted by atomic mass is 16.1. The van der Waals surface area contributed by atoms with Crippen molar-refractivity contribution in [1.82, 2.24) is 15.0 Å². The summed E-state index contributed by atoms with van der Waals surface area (Å²) in [7, 11) is 0. The lowest BCUT2D eigenvalue weighted by molar-refractivity contribution is -0.0489. The van der Waals surface area contributed by atoms with Crippen molar-refractivity contribution in [3.05, 3.63) is 5.69 Å². The molecule has 0 radical (unpaired) electrons. The third-order valence-electron chi connectivity index (χ3n) is 5.39. The monoisotopic (exact) mass is 261 g/mol. The zero-order valence-corrected chi connectivity index (χ0v) is 10.9. The summed E-state index contributed by atoms with van der Waals surface area (Å²) in [6.45, 7) is 0. The maximum absolute atomic E-state index is 11.3. The molecule has 4 aliphatic rings. The van der Waals surface area contributed by atoms with Crippen molar-refractivity contribution in [1.29, 1.82) is 0 Å². The van der Waals surface area contributed by atoms with Gasteiger partial charge in [0.1, 0.15) is 0 Å². The SMILES string of the molecule is NC(=O)c1nnn(C23CC4CC(CC(C4)C2)C3)c1N. The Morgan fingerprint density at radius 3 is 2.11 bits per heavy atom. The van der Waals surface area contributed by atoms with Gasteiger partial charge in [-0.1, -0.05) is 5.21 Å². The van der Waals surface area contributed by atoms with Crippen LogP contribution in [0.5, 0.6) is 0 Å². The van der Waals surface area contributed by atoms with Gasteiger partial charge in [0.05, 0.1) is 5.54 Å². The lowest BCUT2D eigenvalue weighted by atomic mass is 9.53. The predicted molar refractivity (Wildman–Crippen MR) is 69.1 cm³/mol. The molecule has 19 heavy (non-hydrogen) atoms. The standard InChI is InChI=1S/C13H19N5O/c14-11-10(12(15)19)16-17-18(11)13-4-7-1-8(5-13)3-9(2-7)6-13/h7-9H,1-6,14H2,(H2,15,19). The summed E-state index contributed by atoms with van der Waals surface area (Å²) in [6, 6.07) is 0. The maximum atomic E-state index is 11.3. The minimum atomic E-state index is -0.589. The van der Waals surface area contributed by atoms with Crippen molar-refractivity contribution in [2.75, 3.05) is 5.73 Å². The second-order valence-electron chi connectivity index (χ2n) is 6.74. The van der Waals surface area contributed by atoms with E-state index in [9.17, 15) is 4.79 Å². The molecule has 0 spiro atoms. The average molecular weight is 261 g/mol. The lowest BCUT2D eigenvalue weighted by Crippen LogP contribution is -2.52. The van der Waals surface area contributed by atoms with Crippen LogP contribution in [0.3, 0.4) is 0 Å². The van der Waals surface area contributed by atoms with E-state index in [0.29, 0.717) is 5.82 Å². The average Bonchev–Trinajstić information content (AvgIpc) is 2.69. The van der Waals surface area contributed by atoms with Crippen LogP contribution >= 0.6 is 0 Å². The zero-order chi connectivity index (χ0) is 13.2. The number of hydrogen-bond donors (Lipinski definition) is 2. The number of carbonyl (C=O) groups excluding carboxylic acids is 1. The van der Waals surface area contributed by atoms with E-state index < -0.39 is 5.91 Å². The first-order chi connectivity index (χ1) is 9.07. The van der Waals surface area contributed by atoms with Crippen LogP contribution in [-0.2, 0) is 5.54 Å². The first-order valence-electron chi connectivity index (χ1n) is 7.09. The van der Waals surface area contributed by atoms with E-state index in [1.54, 1.807) is 0 Å². The normalized spacial score (nSPS) is 39.7. The molecule has 0 unspecified atom stereocenters. The number of primary amides is 1. The van der Waals surface area contributed by atoms with Gasteiger partial charge in [0.25, 0.3) is 5.91 Å². The van der Waals surface area contributed by atoms with Crippen LogP contribution in [0.25, 0.3) is 0 Å². The molecule has 6 nitrogen and oxygen atoms in total. The number of rotatable bonds is 2. The van der Waals surface area contributed by atoms with Crippen molar-refractivity contribution in [2.45, 2.75) is 44.1 Å². The van der Waals surface area contributed by atoms with E-state index in [4.69, 9.17) is 11.5 Å². The second kappa shape index (κ2) is 3.49. The smallest absolute Gasteiger partial charge is 0.273 e. The van der Waals surface area contributed by atoms with Crippen molar-refractivity contribution < 1.29 is 4.79 Å². The Morgan fingerprint density at radius 1 is 1.16 bits per heavy atom. The van der Waals surface area contributed by atoms with E-state index in [1.165, 1.54) is 19.3 Å². The van der Waals surface area contributed by atoms with Crippen molar-refractivity contribution in [3.8, 4) is 0 Å². The van der Waals surface area contributed by atoms with Gasteiger partial charge in [-0.25, -0.2) is 4.68 Å². The molecule has 4 saturated carbocycles. The van der Waals surface area contributed by atoms with Gasteiger partial charge in [-0.2, -0.15) is 0 Å². The van der Waals surface area contributed by atoms with Crippen molar-refractivity contribution >= 4 is 11.7 Å². The van der Waals surface area contributed by atoms with Crippen LogP contribution in [0.2, 0.25) is 0 Å². The predicted octanol–water partition coefficient (Wildman–Crippen LogP) is 0.884. The van der Waals surface area contributed by atoms with Gasteiger partial charge in [-0.15, -0.1) is 5.10 Å². The van der Waals surface area contributed by atoms with E-state index >= 15 is 0 Å². The Bertz CT molecular complexity index is 514. The summed E-state index contributed by atoms with van der Waals surface area (Å²) < 4.78 is 1.82. The van der Waals surface area contributed by atoms with Crippen LogP contribution < -0.4 is 11.5 Å². The third-order valence-corrected chi connectivity index (χ3v) is 5.39. The number of amides is 1. The van der Waals surface area contributed by atoms with Crippen LogP contribution in [0.1, 0.15) is 49.0 Å². The van der Waals surface area contributed by atoms with Gasteiger partial charge in [0, 0.05) is 0 Å². The van der Waals surface area contributed by atoms with E-state index in [1.807, 2.05) is 4.68 Å². The number of hydrogen-bond acceptors (Lipinski definition) is 4. The van der Waals surface area contributed by atoms with Crippen LogP contribution in [0.15, 0.2) is 0 Å². The molecule has 1 aromatic rings. The van der Waals surface area contributed by atoms with Crippen LogP contribution in [0, 0.1) is 17.8 Å². The zero-order valence-electron chi connectivity index (χ0n) is 10.9. The number of nitrogens with two attached hydrogens (primary N) is 2. The summed E-state index contributed by atoms with van der Waals surface area (Å²) in [6.07, 6.45) is 7.46. The van der Waals surface area contributed by atoms with Crippen LogP contribution in [-0.4, -0.2) is 20.9 Å². The van der Waals surface area contributed by atoms with E-state index in [-0.39, 0.29) is 11.2 Å². The molecule has 4 fully saturated rings. The second-order valence-corrected chi connectivity index (χ2v) is 6.74. The molecule has 6 heteroatoms. The summed E-state index contributed by atoms with van der Waals surface area (Å²) in [5.41, 5.74) is 11.5. The molecule has 0 aliphatic heterocycles. The van der Waals surface area contributed by atoms with Gasteiger partial charge in [0.2, 0.25) is 0 Å². The lowest BCUT2D eigenvalue weighted by Gasteiger charge is -2.56. The topological polar surface area (TPSA) is 99.8 Å². The first-order valence-corrected chi connectivity index (χ1v) is 7.09. The molecule has 0 saturated heterocycles. The molecule has 4 aliphatic carbocycles. The number of nitrogens with zero attached hydrogens (tertiary/aromatic N) is 3. The molecule has 1 heterocycles. The summed E-state index contributed by atoms with van der Waals surface area (Å²) in [4.78, 5) is 11.3. The van der Waals surface area contributed by atoms with Crippen molar-refractivity contribution in [3.63, 3.8) is 0 Å². The minimum Gasteiger partial charge on any atom is -0.382 e. The summed E-state index contributed by atoms with van der Waals surface area (Å²) in [5.74, 6) is 2.16. The Labute approximate surface area is 111 Å². The molecule has 0 atom stereocenters. The Kier molecular flexibility index (Phi) is 2.07. The highest BCUT2D eigenvalue weighted by Crippen LogP contribution is 2.59. The largest absolute Gasteiger partial charge is 0.382 e. The highest BCUT2D eigenvalue weighted by Gasteiger charge is 2.53. The Morgan fingerprint density at radius 2 is 1.68 bits per heavy atom. The molecule has 0 aromatic carbocycles. The van der Waals surface area contributed by atoms with Gasteiger partial charge >= 0.3 is 0 Å². The van der Waals surface area contributed by atoms with E-state index in [2.05, 4.69) is 10.3 Å². The fraction of sp³-hybridized carbons (Fsp3) is 0.769. The van der Waals surface area contributed by atoms with Gasteiger partial charge in [0.15, 0.2) is 11.5 Å². The van der Waals surface area contributed by atoms with Gasteiger partial charge < -0.3 is 11.5 Å². The third kappa shape index (κ3) is 1.45. The molecule has 5 rings (SSSR count). The molecule has 1 aromatic heterocycles. The fourth-order valence-electron chi connectivity index (χ4n) is 5.14. The summed E-state index contributed by atoms with van der Waals surface area (Å²) in [5, 5.41) is 8.05. The Hall–Kier alpha value is -1.59. The van der Waals surface area contributed by atoms with Crippen molar-refractivity contribution in [2.24, 2.45) is 23.5 Å². The number of carbonyl (C=O) groups is 1. The molecule has 4 N–H and O–H groups in total. The minimum absolute atomic E-state index is 0.000463. The van der Waals surface area contributed by atoms with E-state index in [0.717, 1.165) is 37.0 Å². The number of nitrogen functional groups attached to an aromatic ring is 1. The number of aromatic nitrogens is 3. The first kappa shape index (κ1) is 11.3. The van der Waals surface area contributed by atoms with Gasteiger partial charge in [-0.3, -0.25) is 4.79 Å². The molecular weight excluding hydrogens is 242 g/mol. The quantitative estimate of drug-likeness (QED) is 0.825. The highest BCUT2D eigenvalue weighted by molar-refractivity contribution is 5.94. The molecular formula is C13H19N5O. The maximum Gasteiger partial charge on any atom is 0.273 e. The molecule has 4 bridgehead atoms. The van der Waals surface area contributed by atoms with Crippen LogP contribution in [0.4, 0.5) is 5.82 Å². The Balaban J connectivity index is 1.77. The number of anilines is 1. The summed E-state index contributed by atoms with van der Waals surface area (Å²) >= 11 is 0. The fourth-order valence-corrected chi connectivity index (χ4v) is 5.14.